The van der Waals surface area contributed by atoms with Crippen molar-refractivity contribution < 1.29 is 38.8 Å². The van der Waals surface area contributed by atoms with Crippen LogP contribution in [0.3, 0.4) is 0 Å². The summed E-state index contributed by atoms with van der Waals surface area (Å²) in [4.78, 5) is 23.6. The van der Waals surface area contributed by atoms with Gasteiger partial charge in [-0.2, -0.15) is 4.68 Å². The van der Waals surface area contributed by atoms with Gasteiger partial charge in [0.1, 0.15) is 23.5 Å². The van der Waals surface area contributed by atoms with Crippen LogP contribution >= 0.6 is 19.2 Å². The molecule has 3 heterocycles. The van der Waals surface area contributed by atoms with E-state index >= 15 is 0 Å². The van der Waals surface area contributed by atoms with Crippen molar-refractivity contribution >= 4 is 36.0 Å². The molecule has 13 nitrogen and oxygen atoms in total. The maximum Gasteiger partial charge on any atom is 0.359 e. The van der Waals surface area contributed by atoms with E-state index in [1.807, 2.05) is 0 Å². The highest BCUT2D eigenvalue weighted by molar-refractivity contribution is 7.53. The molecule has 0 bridgehead atoms. The molecule has 1 saturated carbocycles. The highest BCUT2D eigenvalue weighted by Crippen LogP contribution is 2.51. The van der Waals surface area contributed by atoms with Gasteiger partial charge in [0.2, 0.25) is 0 Å². The van der Waals surface area contributed by atoms with E-state index in [0.717, 1.165) is 25.7 Å². The third-order valence-corrected chi connectivity index (χ3v) is 7.97. The summed E-state index contributed by atoms with van der Waals surface area (Å²) in [6, 6.07) is 1.95. The second kappa shape index (κ2) is 9.92. The zero-order valence-corrected chi connectivity index (χ0v) is 20.4. The highest BCUT2D eigenvalue weighted by Gasteiger charge is 2.49. The number of methoxy groups -OCH3 is 1. The normalized spacial score (nSPS) is 28.0. The molecule has 15 heteroatoms. The van der Waals surface area contributed by atoms with Crippen LogP contribution in [-0.4, -0.2) is 90.0 Å². The summed E-state index contributed by atoms with van der Waals surface area (Å²) in [5.74, 6) is 0. The molecule has 5 N–H and O–H groups in total. The van der Waals surface area contributed by atoms with E-state index in [1.54, 1.807) is 6.07 Å². The highest BCUT2D eigenvalue weighted by atomic mass is 35.5. The van der Waals surface area contributed by atoms with Crippen LogP contribution in [0.25, 0.3) is 11.2 Å². The Morgan fingerprint density at radius 2 is 2.03 bits per heavy atom. The Labute approximate surface area is 200 Å². The number of fused-ring (bicyclic) bond motifs is 1. The van der Waals surface area contributed by atoms with Crippen LogP contribution in [0.15, 0.2) is 6.07 Å². The third kappa shape index (κ3) is 4.95. The average molecular weight is 522 g/mol. The van der Waals surface area contributed by atoms with Crippen molar-refractivity contribution in [1.82, 2.24) is 20.0 Å². The summed E-state index contributed by atoms with van der Waals surface area (Å²) in [6.45, 7) is 0.385. The fraction of sp³-hybridized carbons (Fsp3) is 0.737. The zero-order valence-electron chi connectivity index (χ0n) is 18.7. The molecule has 0 aromatic carbocycles. The number of aliphatic hydroxyl groups is 2. The SMILES string of the molecule is COCC(C)(OC[C@H]1O[C@@H](n2nnc3c(NC4CCCC4)cc(Cl)nc32)[C@H](O)[C@@H]1O)P(=O)(O)O. The van der Waals surface area contributed by atoms with E-state index in [0.29, 0.717) is 17.2 Å². The molecule has 1 aliphatic heterocycles. The van der Waals surface area contributed by atoms with Gasteiger partial charge in [0.25, 0.3) is 0 Å². The molecule has 2 aromatic heterocycles. The summed E-state index contributed by atoms with van der Waals surface area (Å²) in [6.07, 6.45) is -0.811. The number of nitrogens with one attached hydrogen (secondary N) is 1. The quantitative estimate of drug-likeness (QED) is 0.233. The Morgan fingerprint density at radius 3 is 2.68 bits per heavy atom. The fourth-order valence-corrected chi connectivity index (χ4v) is 5.00. The minimum absolute atomic E-state index is 0.196. The number of aliphatic hydroxyl groups excluding tert-OH is 2. The van der Waals surface area contributed by atoms with Gasteiger partial charge >= 0.3 is 7.60 Å². The standard InChI is InChI=1S/C19H29ClN5O8P/c1-19(9-31-2,34(28,29)30)32-8-12-15(26)16(27)18(33-12)25-17-14(23-24-25)11(7-13(20)22-17)21-10-5-3-4-6-10/h7,10,12,15-16,18,26-27H,3-6,8-9H2,1-2H3,(H,21,22)(H2,28,29,30)/t12-,15-,16-,18-,19?/m1/s1. The molecule has 190 valence electrons. The first-order valence-electron chi connectivity index (χ1n) is 10.9. The number of hydrogen-bond acceptors (Lipinski definition) is 10. The Kier molecular flexibility index (Phi) is 7.49. The molecule has 34 heavy (non-hydrogen) atoms. The van der Waals surface area contributed by atoms with Gasteiger partial charge in [0.15, 0.2) is 22.7 Å². The molecular weight excluding hydrogens is 493 g/mol. The second-order valence-electron chi connectivity index (χ2n) is 8.83. The van der Waals surface area contributed by atoms with Gasteiger partial charge in [-0.05, 0) is 19.8 Å². The number of hydrogen-bond donors (Lipinski definition) is 5. The van der Waals surface area contributed by atoms with E-state index in [4.69, 9.17) is 25.8 Å². The molecule has 2 aromatic rings. The van der Waals surface area contributed by atoms with Crippen LogP contribution < -0.4 is 5.32 Å². The number of anilines is 1. The molecule has 1 aliphatic carbocycles. The number of pyridine rings is 1. The van der Waals surface area contributed by atoms with Gasteiger partial charge in [-0.15, -0.1) is 5.10 Å². The summed E-state index contributed by atoms with van der Waals surface area (Å²) < 4.78 is 29.2. The Balaban J connectivity index is 1.55. The van der Waals surface area contributed by atoms with Crippen molar-refractivity contribution in [2.75, 3.05) is 25.6 Å². The topological polar surface area (TPSA) is 181 Å². The molecule has 1 unspecified atom stereocenters. The predicted octanol–water partition coefficient (Wildman–Crippen LogP) is 1.01. The number of nitrogens with zero attached hydrogens (tertiary/aromatic N) is 4. The van der Waals surface area contributed by atoms with Crippen LogP contribution in [0, 0.1) is 0 Å². The van der Waals surface area contributed by atoms with Crippen LogP contribution in [0.4, 0.5) is 5.69 Å². The van der Waals surface area contributed by atoms with Crippen molar-refractivity contribution in [2.24, 2.45) is 0 Å². The first kappa shape index (κ1) is 25.7. The van der Waals surface area contributed by atoms with Crippen molar-refractivity contribution in [3.8, 4) is 0 Å². The fourth-order valence-electron chi connectivity index (χ4n) is 4.27. The van der Waals surface area contributed by atoms with Crippen LogP contribution in [0.1, 0.15) is 38.8 Å². The van der Waals surface area contributed by atoms with E-state index in [9.17, 15) is 24.6 Å². The molecule has 5 atom stereocenters. The summed E-state index contributed by atoms with van der Waals surface area (Å²) in [7, 11) is -3.44. The van der Waals surface area contributed by atoms with Gasteiger partial charge in [-0.1, -0.05) is 29.7 Å². The van der Waals surface area contributed by atoms with Crippen molar-refractivity contribution in [1.29, 1.82) is 0 Å². The molecule has 0 spiro atoms. The minimum Gasteiger partial charge on any atom is -0.387 e. The number of rotatable bonds is 9. The monoisotopic (exact) mass is 521 g/mol. The summed E-state index contributed by atoms with van der Waals surface area (Å²) >= 11 is 6.23. The first-order valence-corrected chi connectivity index (χ1v) is 12.9. The maximum absolute atomic E-state index is 11.9. The molecule has 1 saturated heterocycles. The van der Waals surface area contributed by atoms with Gasteiger partial charge in [-0.3, -0.25) is 4.57 Å². The summed E-state index contributed by atoms with van der Waals surface area (Å²) in [5, 5.41) is 31.1. The first-order chi connectivity index (χ1) is 16.0. The molecule has 2 aliphatic rings. The number of halogens is 1. The van der Waals surface area contributed by atoms with E-state index < -0.39 is 44.1 Å². The minimum atomic E-state index is -4.72. The smallest absolute Gasteiger partial charge is 0.359 e. The summed E-state index contributed by atoms with van der Waals surface area (Å²) in [5.41, 5.74) is 1.36. The molecular formula is C19H29ClN5O8P. The molecule has 2 fully saturated rings. The van der Waals surface area contributed by atoms with Gasteiger partial charge in [-0.25, -0.2) is 4.98 Å². The maximum atomic E-state index is 11.9. The number of ether oxygens (including phenoxy) is 3. The van der Waals surface area contributed by atoms with Crippen LogP contribution in [-0.2, 0) is 18.8 Å². The van der Waals surface area contributed by atoms with E-state index in [1.165, 1.54) is 18.7 Å². The lowest BCUT2D eigenvalue weighted by Gasteiger charge is -2.31. The predicted molar refractivity (Wildman–Crippen MR) is 120 cm³/mol. The molecule has 4 rings (SSSR count). The zero-order chi connectivity index (χ0) is 24.7. The average Bonchev–Trinajstić information content (AvgIpc) is 3.48. The van der Waals surface area contributed by atoms with Gasteiger partial charge in [0.05, 0.1) is 18.9 Å². The largest absolute Gasteiger partial charge is 0.387 e. The van der Waals surface area contributed by atoms with Gasteiger partial charge < -0.3 is 39.5 Å². The third-order valence-electron chi connectivity index (χ3n) is 6.28. The van der Waals surface area contributed by atoms with Crippen LogP contribution in [0.5, 0.6) is 0 Å². The lowest BCUT2D eigenvalue weighted by Crippen LogP contribution is -2.40. The lowest BCUT2D eigenvalue weighted by atomic mass is 10.1. The van der Waals surface area contributed by atoms with Crippen molar-refractivity contribution in [3.63, 3.8) is 0 Å². The van der Waals surface area contributed by atoms with E-state index in [-0.39, 0.29) is 17.4 Å². The van der Waals surface area contributed by atoms with Gasteiger partial charge in [0, 0.05) is 19.2 Å². The molecule has 0 amide bonds. The Hall–Kier alpha value is -1.41. The van der Waals surface area contributed by atoms with E-state index in [2.05, 4.69) is 20.6 Å². The lowest BCUT2D eigenvalue weighted by molar-refractivity contribution is -0.108. The molecule has 0 radical (unpaired) electrons. The second-order valence-corrected chi connectivity index (χ2v) is 11.3. The number of aromatic nitrogens is 4. The van der Waals surface area contributed by atoms with Crippen molar-refractivity contribution in [3.05, 3.63) is 11.2 Å². The van der Waals surface area contributed by atoms with Crippen molar-refractivity contribution in [2.45, 2.75) is 68.5 Å². The Bertz CT molecular complexity index is 1060. The Morgan fingerprint density at radius 1 is 1.32 bits per heavy atom. The van der Waals surface area contributed by atoms with Crippen LogP contribution in [0.2, 0.25) is 5.15 Å².